The van der Waals surface area contributed by atoms with Crippen molar-refractivity contribution in [3.63, 3.8) is 0 Å². The van der Waals surface area contributed by atoms with E-state index < -0.39 is 56.4 Å². The van der Waals surface area contributed by atoms with E-state index in [4.69, 9.17) is 42.4 Å². The number of nitrogens with one attached hydrogen (secondary N) is 4. The summed E-state index contributed by atoms with van der Waals surface area (Å²) >= 11 is 0. The van der Waals surface area contributed by atoms with Crippen LogP contribution < -0.4 is 10.6 Å². The lowest BCUT2D eigenvalue weighted by molar-refractivity contribution is -0.00999. The van der Waals surface area contributed by atoms with Gasteiger partial charge in [-0.25, -0.2) is 37.5 Å². The van der Waals surface area contributed by atoms with Gasteiger partial charge in [0.25, 0.3) is 22.1 Å². The molecule has 5 N–H and O–H groups in total. The lowest BCUT2D eigenvalue weighted by Gasteiger charge is -2.33. The molecule has 0 radical (unpaired) electrons. The minimum absolute atomic E-state index is 0.0124. The molecule has 8 aromatic rings. The number of aliphatic hydroxyl groups is 1. The van der Waals surface area contributed by atoms with Crippen molar-refractivity contribution in [2.75, 3.05) is 43.3 Å². The van der Waals surface area contributed by atoms with E-state index in [1.165, 1.54) is 12.1 Å². The molecule has 0 saturated heterocycles. The average molecular weight is 1020 g/mol. The zero-order valence-electron chi connectivity index (χ0n) is 39.6. The fourth-order valence-electron chi connectivity index (χ4n) is 8.99. The number of aliphatic hydroxyl groups excluding tert-OH is 1. The third-order valence-corrected chi connectivity index (χ3v) is 13.4. The molecule has 72 heavy (non-hydrogen) atoms. The molecule has 378 valence electrons. The molecule has 2 aromatic carbocycles. The van der Waals surface area contributed by atoms with E-state index in [0.29, 0.717) is 43.5 Å². The highest BCUT2D eigenvalue weighted by Crippen LogP contribution is 2.60. The maximum Gasteiger partial charge on any atom is 0.297 e. The Morgan fingerprint density at radius 1 is 0.667 bits per heavy atom. The van der Waals surface area contributed by atoms with Gasteiger partial charge in [-0.1, -0.05) is 0 Å². The van der Waals surface area contributed by atoms with Gasteiger partial charge >= 0.3 is 0 Å². The van der Waals surface area contributed by atoms with E-state index in [0.717, 1.165) is 24.5 Å². The second-order valence-corrected chi connectivity index (χ2v) is 19.9. The van der Waals surface area contributed by atoms with Crippen LogP contribution in [-0.2, 0) is 34.6 Å². The fraction of sp³-hybridized carbons (Fsp3) is 0.388. The number of aromatic amines is 2. The van der Waals surface area contributed by atoms with E-state index >= 15 is 8.78 Å². The average Bonchev–Trinajstić information content (AvgIpc) is 4.08. The van der Waals surface area contributed by atoms with Crippen LogP contribution in [0, 0.1) is 23.3 Å². The number of rotatable bonds is 21. The molecule has 0 aliphatic heterocycles. The van der Waals surface area contributed by atoms with Crippen LogP contribution in [-0.4, -0.2) is 110 Å². The Balaban J connectivity index is 1.04. The van der Waals surface area contributed by atoms with Crippen LogP contribution >= 0.6 is 0 Å². The zero-order chi connectivity index (χ0) is 50.7. The monoisotopic (exact) mass is 1010 g/mol. The molecular weight excluding hydrogens is 965 g/mol. The number of ether oxygens (including phenoxy) is 2. The van der Waals surface area contributed by atoms with Gasteiger partial charge in [-0.15, -0.1) is 0 Å². The van der Waals surface area contributed by atoms with Crippen LogP contribution in [0.25, 0.3) is 67.8 Å². The summed E-state index contributed by atoms with van der Waals surface area (Å²) < 4.78 is 116. The topological polar surface area (TPSA) is 241 Å². The predicted molar refractivity (Wildman–Crippen MR) is 256 cm³/mol. The van der Waals surface area contributed by atoms with E-state index in [2.05, 4.69) is 30.6 Å². The molecule has 0 bridgehead atoms. The normalized spacial score (nSPS) is 16.8. The highest BCUT2D eigenvalue weighted by atomic mass is 32.2. The van der Waals surface area contributed by atoms with Crippen molar-refractivity contribution in [3.05, 3.63) is 95.6 Å². The van der Waals surface area contributed by atoms with Gasteiger partial charge in [0.2, 0.25) is 11.4 Å². The third-order valence-electron chi connectivity index (χ3n) is 12.9. The quantitative estimate of drug-likeness (QED) is 0.0334. The summed E-state index contributed by atoms with van der Waals surface area (Å²) in [6.07, 6.45) is -1.26. The smallest absolute Gasteiger partial charge is 0.297 e. The summed E-state index contributed by atoms with van der Waals surface area (Å²) in [5.74, 6) is -3.21. The van der Waals surface area contributed by atoms with Crippen molar-refractivity contribution in [2.45, 2.75) is 88.5 Å². The molecule has 2 fully saturated rings. The van der Waals surface area contributed by atoms with E-state index in [1.807, 2.05) is 27.7 Å². The Morgan fingerprint density at radius 3 is 1.51 bits per heavy atom. The molecule has 2 aliphatic rings. The first kappa shape index (κ1) is 48.8. The van der Waals surface area contributed by atoms with Crippen LogP contribution in [0.2, 0.25) is 0 Å². The summed E-state index contributed by atoms with van der Waals surface area (Å²) in [6.45, 7) is 9.41. The first-order chi connectivity index (χ1) is 34.5. The molecule has 0 spiro atoms. The summed E-state index contributed by atoms with van der Waals surface area (Å²) in [4.78, 5) is 34.6. The number of nitrogens with zero attached hydrogens (tertiary/aromatic N) is 6. The van der Waals surface area contributed by atoms with E-state index in [1.54, 1.807) is 24.3 Å². The SMILES string of the molecule is CCOC[C@H](C)Nc1nc2ccc(-c3[nH]c(C4(C(O)C(OS(C)(=O)=O)C5(c6nc(-c7ccc(F)cc7F)c(-c7ccc8nc(N[C@@H](C)COCC)oc8n7)[nH]6)CC5)CC4)nc3-c3ccc(F)cc3F)nc2o1. The number of fused-ring (bicyclic) bond motifs is 2. The number of hydrogen-bond donors (Lipinski definition) is 5. The van der Waals surface area contributed by atoms with Crippen molar-refractivity contribution in [1.82, 2.24) is 39.9 Å². The van der Waals surface area contributed by atoms with Crippen LogP contribution in [0.15, 0.2) is 69.5 Å². The molecule has 2 aliphatic carbocycles. The summed E-state index contributed by atoms with van der Waals surface area (Å²) in [6, 6.07) is 12.7. The highest BCUT2D eigenvalue weighted by molar-refractivity contribution is 7.86. The highest BCUT2D eigenvalue weighted by Gasteiger charge is 2.65. The number of benzene rings is 2. The second-order valence-electron chi connectivity index (χ2n) is 18.3. The molecule has 18 nitrogen and oxygen atoms in total. The van der Waals surface area contributed by atoms with Crippen LogP contribution in [0.1, 0.15) is 65.0 Å². The van der Waals surface area contributed by atoms with Crippen LogP contribution in [0.4, 0.5) is 29.6 Å². The van der Waals surface area contributed by atoms with Crippen molar-refractivity contribution >= 4 is 44.6 Å². The van der Waals surface area contributed by atoms with Crippen molar-refractivity contribution in [2.24, 2.45) is 0 Å². The molecule has 2 unspecified atom stereocenters. The number of pyridine rings is 2. The van der Waals surface area contributed by atoms with E-state index in [-0.39, 0.29) is 118 Å². The number of imidazole rings is 2. The Kier molecular flexibility index (Phi) is 12.9. The van der Waals surface area contributed by atoms with Gasteiger partial charge in [-0.3, -0.25) is 4.18 Å². The number of anilines is 2. The first-order valence-corrected chi connectivity index (χ1v) is 25.2. The summed E-state index contributed by atoms with van der Waals surface area (Å²) in [5.41, 5.74) is -0.882. The standard InChI is InChI=1S/C49H50F4N10O8S/c1-6-67-22-24(3)54-46-58-34-14-12-32(56-42(34)69-46)38-36(28-10-8-26(50)20-30(28)52)60-44(62-38)48(16-17-48)40(64)41(71-72(5,65)66)49(18-19-49)45-61-37(29-11-9-27(51)21-31(29)53)39(63-45)33-13-15-35-43(57-33)70-47(59-35)55-25(4)23-68-7-2/h8-15,20-21,24-25,40-41,64H,6-7,16-19,22-23H2,1-5H3,(H,54,58)(H,55,59)(H,60,62)(H,61,63)/t24-,25-,40?,41?/m0/s1. The molecule has 10 rings (SSSR count). The van der Waals surface area contributed by atoms with Gasteiger partial charge in [-0.05, 0) is 102 Å². The number of halogens is 4. The summed E-state index contributed by atoms with van der Waals surface area (Å²) in [5, 5.41) is 19.0. The predicted octanol–water partition coefficient (Wildman–Crippen LogP) is 8.57. The maximum absolute atomic E-state index is 15.8. The van der Waals surface area contributed by atoms with Gasteiger partial charge in [0.05, 0.1) is 71.3 Å². The van der Waals surface area contributed by atoms with Gasteiger partial charge < -0.3 is 44.0 Å². The molecular formula is C49H50F4N10O8S. The van der Waals surface area contributed by atoms with Gasteiger partial charge in [-0.2, -0.15) is 18.4 Å². The molecule has 2 saturated carbocycles. The van der Waals surface area contributed by atoms with Crippen LogP contribution in [0.3, 0.4) is 0 Å². The fourth-order valence-corrected chi connectivity index (χ4v) is 9.66. The number of hydrogen-bond acceptors (Lipinski definition) is 16. The Labute approximate surface area is 409 Å². The summed E-state index contributed by atoms with van der Waals surface area (Å²) in [7, 11) is -4.32. The minimum Gasteiger partial charge on any atom is -0.404 e. The van der Waals surface area contributed by atoms with Gasteiger partial charge in [0.15, 0.2) is 0 Å². The zero-order valence-corrected chi connectivity index (χ0v) is 40.5. The second kappa shape index (κ2) is 19.0. The van der Waals surface area contributed by atoms with Crippen molar-refractivity contribution < 1.29 is 53.6 Å². The maximum atomic E-state index is 15.8. The van der Waals surface area contributed by atoms with E-state index in [9.17, 15) is 22.3 Å². The lowest BCUT2D eigenvalue weighted by Crippen LogP contribution is -2.48. The number of oxazole rings is 2. The Bertz CT molecular complexity index is 3430. The third kappa shape index (κ3) is 9.53. The van der Waals surface area contributed by atoms with Gasteiger partial charge in [0.1, 0.15) is 63.4 Å². The van der Waals surface area contributed by atoms with Crippen molar-refractivity contribution in [1.29, 1.82) is 0 Å². The van der Waals surface area contributed by atoms with Crippen LogP contribution in [0.5, 0.6) is 0 Å². The Morgan fingerprint density at radius 2 is 1.11 bits per heavy atom. The Hall–Kier alpha value is -6.79. The largest absolute Gasteiger partial charge is 0.404 e. The van der Waals surface area contributed by atoms with Crippen molar-refractivity contribution in [3.8, 4) is 45.3 Å². The lowest BCUT2D eigenvalue weighted by atomic mass is 9.84. The first-order valence-electron chi connectivity index (χ1n) is 23.4. The number of H-pyrrole nitrogens is 2. The molecule has 0 amide bonds. The van der Waals surface area contributed by atoms with Gasteiger partial charge in [0, 0.05) is 36.5 Å². The molecule has 23 heteroatoms. The number of aromatic nitrogens is 8. The molecule has 6 heterocycles. The molecule has 6 aromatic heterocycles. The molecule has 4 atom stereocenters. The minimum atomic E-state index is -4.32.